The second-order valence-electron chi connectivity index (χ2n) is 7.47. The molecule has 1 fully saturated rings. The summed E-state index contributed by atoms with van der Waals surface area (Å²) in [5, 5.41) is 1.07. The largest absolute Gasteiger partial charge is 0.494 e. The molecule has 0 unspecified atom stereocenters. The van der Waals surface area contributed by atoms with Crippen LogP contribution >= 0.6 is 0 Å². The summed E-state index contributed by atoms with van der Waals surface area (Å²) in [6, 6.07) is 14.8. The number of amides is 1. The Balaban J connectivity index is 1.53. The highest BCUT2D eigenvalue weighted by molar-refractivity contribution is 6.05. The summed E-state index contributed by atoms with van der Waals surface area (Å²) in [5.41, 5.74) is 2.62. The third-order valence-electron chi connectivity index (χ3n) is 5.67. The Morgan fingerprint density at radius 1 is 0.935 bits per heavy atom. The molecule has 1 aliphatic rings. The molecule has 31 heavy (non-hydrogen) atoms. The normalized spacial score (nSPS) is 13.9. The summed E-state index contributed by atoms with van der Waals surface area (Å²) >= 11 is 0. The summed E-state index contributed by atoms with van der Waals surface area (Å²) < 4.78 is 10.3. The van der Waals surface area contributed by atoms with Crippen molar-refractivity contribution < 1.29 is 19.1 Å². The minimum atomic E-state index is -0.507. The fourth-order valence-corrected chi connectivity index (χ4v) is 3.97. The lowest BCUT2D eigenvalue weighted by molar-refractivity contribution is 0.0589. The minimum Gasteiger partial charge on any atom is -0.494 e. The van der Waals surface area contributed by atoms with Gasteiger partial charge in [0, 0.05) is 31.6 Å². The Kier molecular flexibility index (Phi) is 5.75. The highest BCUT2D eigenvalue weighted by Crippen LogP contribution is 2.29. The van der Waals surface area contributed by atoms with E-state index in [0.717, 1.165) is 28.0 Å². The number of benzene rings is 2. The zero-order chi connectivity index (χ0) is 22.0. The first-order chi connectivity index (χ1) is 15.0. The van der Waals surface area contributed by atoms with Gasteiger partial charge in [-0.15, -0.1) is 0 Å². The molecule has 1 aromatic heterocycles. The molecule has 0 atom stereocenters. The Morgan fingerprint density at radius 3 is 2.32 bits per heavy atom. The number of piperazine rings is 1. The van der Waals surface area contributed by atoms with Gasteiger partial charge in [-0.1, -0.05) is 24.3 Å². The SMILES string of the molecule is COC(=O)c1ccccc1C(=O)N1CCN(c2cc(C)c3cccc(OC)c3n2)CC1. The lowest BCUT2D eigenvalue weighted by Gasteiger charge is -2.36. The first-order valence-electron chi connectivity index (χ1n) is 10.2. The van der Waals surface area contributed by atoms with E-state index >= 15 is 0 Å². The van der Waals surface area contributed by atoms with Crippen LogP contribution < -0.4 is 9.64 Å². The second-order valence-corrected chi connectivity index (χ2v) is 7.47. The number of methoxy groups -OCH3 is 2. The van der Waals surface area contributed by atoms with Crippen molar-refractivity contribution in [3.8, 4) is 5.75 Å². The van der Waals surface area contributed by atoms with E-state index in [2.05, 4.69) is 17.9 Å². The van der Waals surface area contributed by atoms with Gasteiger partial charge < -0.3 is 19.3 Å². The van der Waals surface area contributed by atoms with Crippen molar-refractivity contribution in [1.82, 2.24) is 9.88 Å². The van der Waals surface area contributed by atoms with Crippen LogP contribution in [0.5, 0.6) is 5.75 Å². The van der Waals surface area contributed by atoms with Crippen LogP contribution in [0.2, 0.25) is 0 Å². The molecule has 0 aliphatic carbocycles. The maximum absolute atomic E-state index is 13.1. The van der Waals surface area contributed by atoms with Crippen molar-refractivity contribution >= 4 is 28.6 Å². The van der Waals surface area contributed by atoms with Crippen LogP contribution in [0, 0.1) is 6.92 Å². The number of rotatable bonds is 4. The molecule has 2 aromatic carbocycles. The molecular weight excluding hydrogens is 394 g/mol. The van der Waals surface area contributed by atoms with E-state index in [9.17, 15) is 9.59 Å². The topological polar surface area (TPSA) is 72.0 Å². The fraction of sp³-hybridized carbons (Fsp3) is 0.292. The molecule has 4 rings (SSSR count). The molecule has 1 aliphatic heterocycles. The maximum atomic E-state index is 13.1. The Bertz CT molecular complexity index is 1140. The third kappa shape index (κ3) is 3.91. The van der Waals surface area contributed by atoms with E-state index in [0.29, 0.717) is 31.7 Å². The fourth-order valence-electron chi connectivity index (χ4n) is 3.97. The number of aryl methyl sites for hydroxylation is 1. The standard InChI is InChI=1S/C24H25N3O4/c1-16-15-21(25-22-17(16)9-6-10-20(22)30-2)26-11-13-27(14-12-26)23(28)18-7-4-5-8-19(18)24(29)31-3/h4-10,15H,11-14H2,1-3H3. The molecule has 0 spiro atoms. The van der Waals surface area contributed by atoms with E-state index in [4.69, 9.17) is 14.5 Å². The summed E-state index contributed by atoms with van der Waals surface area (Å²) in [4.78, 5) is 33.9. The highest BCUT2D eigenvalue weighted by atomic mass is 16.5. The molecule has 0 radical (unpaired) electrons. The average molecular weight is 419 g/mol. The van der Waals surface area contributed by atoms with Crippen molar-refractivity contribution in [1.29, 1.82) is 0 Å². The molecule has 0 saturated carbocycles. The minimum absolute atomic E-state index is 0.162. The molecular formula is C24H25N3O4. The molecule has 3 aromatic rings. The number of esters is 1. The van der Waals surface area contributed by atoms with E-state index < -0.39 is 5.97 Å². The molecule has 1 saturated heterocycles. The van der Waals surface area contributed by atoms with Gasteiger partial charge in [-0.2, -0.15) is 0 Å². The summed E-state index contributed by atoms with van der Waals surface area (Å²) in [5.74, 6) is 0.949. The average Bonchev–Trinajstić information content (AvgIpc) is 2.82. The van der Waals surface area contributed by atoms with E-state index in [1.807, 2.05) is 18.2 Å². The van der Waals surface area contributed by atoms with Crippen molar-refractivity contribution in [2.75, 3.05) is 45.3 Å². The van der Waals surface area contributed by atoms with Gasteiger partial charge in [0.15, 0.2) is 0 Å². The number of carbonyl (C=O) groups excluding carboxylic acids is 2. The number of carbonyl (C=O) groups is 2. The number of anilines is 1. The summed E-state index contributed by atoms with van der Waals surface area (Å²) in [7, 11) is 2.96. The molecule has 1 amide bonds. The maximum Gasteiger partial charge on any atom is 0.338 e. The Morgan fingerprint density at radius 2 is 1.65 bits per heavy atom. The zero-order valence-corrected chi connectivity index (χ0v) is 17.9. The number of pyridine rings is 1. The molecule has 0 bridgehead atoms. The van der Waals surface area contributed by atoms with Crippen LogP contribution in [0.15, 0.2) is 48.5 Å². The number of para-hydroxylation sites is 1. The van der Waals surface area contributed by atoms with Crippen LogP contribution in [-0.2, 0) is 4.74 Å². The first kappa shape index (κ1) is 20.7. The number of hydrogen-bond acceptors (Lipinski definition) is 6. The molecule has 2 heterocycles. The van der Waals surface area contributed by atoms with Gasteiger partial charge >= 0.3 is 5.97 Å². The summed E-state index contributed by atoms with van der Waals surface area (Å²) in [6.45, 7) is 4.45. The van der Waals surface area contributed by atoms with Crippen molar-refractivity contribution in [2.24, 2.45) is 0 Å². The first-order valence-corrected chi connectivity index (χ1v) is 10.2. The number of aromatic nitrogens is 1. The van der Waals surface area contributed by atoms with Gasteiger partial charge in [0.2, 0.25) is 0 Å². The predicted octanol–water partition coefficient (Wildman–Crippen LogP) is 3.30. The zero-order valence-electron chi connectivity index (χ0n) is 17.9. The van der Waals surface area contributed by atoms with E-state index in [1.165, 1.54) is 7.11 Å². The van der Waals surface area contributed by atoms with Crippen molar-refractivity contribution in [2.45, 2.75) is 6.92 Å². The Labute approximate surface area is 181 Å². The lowest BCUT2D eigenvalue weighted by Crippen LogP contribution is -2.49. The highest BCUT2D eigenvalue weighted by Gasteiger charge is 2.26. The van der Waals surface area contributed by atoms with Gasteiger partial charge in [-0.3, -0.25) is 4.79 Å². The molecule has 0 N–H and O–H groups in total. The molecule has 7 heteroatoms. The summed E-state index contributed by atoms with van der Waals surface area (Å²) in [6.07, 6.45) is 0. The van der Waals surface area contributed by atoms with Gasteiger partial charge in [-0.05, 0) is 36.8 Å². The van der Waals surface area contributed by atoms with Crippen LogP contribution in [0.1, 0.15) is 26.3 Å². The quantitative estimate of drug-likeness (QED) is 0.605. The van der Waals surface area contributed by atoms with E-state index in [-0.39, 0.29) is 11.5 Å². The lowest BCUT2D eigenvalue weighted by atomic mass is 10.1. The van der Waals surface area contributed by atoms with Crippen molar-refractivity contribution in [3.05, 3.63) is 65.2 Å². The van der Waals surface area contributed by atoms with Gasteiger partial charge in [0.25, 0.3) is 5.91 Å². The monoisotopic (exact) mass is 419 g/mol. The van der Waals surface area contributed by atoms with Gasteiger partial charge in [0.05, 0.1) is 25.3 Å². The number of ether oxygens (including phenoxy) is 2. The predicted molar refractivity (Wildman–Crippen MR) is 119 cm³/mol. The van der Waals surface area contributed by atoms with Gasteiger partial charge in [0.1, 0.15) is 17.1 Å². The van der Waals surface area contributed by atoms with Crippen LogP contribution in [-0.4, -0.2) is 62.2 Å². The van der Waals surface area contributed by atoms with Gasteiger partial charge in [-0.25, -0.2) is 9.78 Å². The smallest absolute Gasteiger partial charge is 0.338 e. The van der Waals surface area contributed by atoms with Crippen LogP contribution in [0.4, 0.5) is 5.82 Å². The number of hydrogen-bond donors (Lipinski definition) is 0. The number of nitrogens with zero attached hydrogens (tertiary/aromatic N) is 3. The number of fused-ring (bicyclic) bond motifs is 1. The third-order valence-corrected chi connectivity index (χ3v) is 5.67. The Hall–Kier alpha value is -3.61. The van der Waals surface area contributed by atoms with E-state index in [1.54, 1.807) is 36.3 Å². The van der Waals surface area contributed by atoms with Crippen LogP contribution in [0.25, 0.3) is 10.9 Å². The second kappa shape index (κ2) is 8.63. The molecule has 160 valence electrons. The van der Waals surface area contributed by atoms with Crippen molar-refractivity contribution in [3.63, 3.8) is 0 Å². The van der Waals surface area contributed by atoms with Crippen LogP contribution in [0.3, 0.4) is 0 Å². The molecule has 7 nitrogen and oxygen atoms in total.